The normalized spacial score (nSPS) is 11.7. The molecule has 8 rings (SSSR count). The smallest absolute Gasteiger partial charge is 0.161 e. The Morgan fingerprint density at radius 2 is 1.16 bits per heavy atom. The third kappa shape index (κ3) is 2.98. The molecule has 8 aromatic rings. The second-order valence-electron chi connectivity index (χ2n) is 9.44. The zero-order valence-electron chi connectivity index (χ0n) is 20.4. The van der Waals surface area contributed by atoms with Crippen molar-refractivity contribution in [1.82, 2.24) is 14.5 Å². The van der Waals surface area contributed by atoms with Crippen molar-refractivity contribution in [3.8, 4) is 28.1 Å². The van der Waals surface area contributed by atoms with E-state index in [4.69, 9.17) is 9.40 Å². The summed E-state index contributed by atoms with van der Waals surface area (Å²) >= 11 is 0. The maximum absolute atomic E-state index is 6.32. The second-order valence-corrected chi connectivity index (χ2v) is 9.44. The van der Waals surface area contributed by atoms with E-state index in [2.05, 4.69) is 107 Å². The summed E-state index contributed by atoms with van der Waals surface area (Å²) < 4.78 is 8.69. The predicted octanol–water partition coefficient (Wildman–Crippen LogP) is 8.81. The van der Waals surface area contributed by atoms with Gasteiger partial charge in [-0.2, -0.15) is 0 Å². The monoisotopic (exact) mass is 487 g/mol. The maximum atomic E-state index is 6.32. The summed E-state index contributed by atoms with van der Waals surface area (Å²) in [6.45, 7) is 0. The molecule has 38 heavy (non-hydrogen) atoms. The van der Waals surface area contributed by atoms with E-state index < -0.39 is 0 Å². The van der Waals surface area contributed by atoms with Gasteiger partial charge in [0.2, 0.25) is 0 Å². The molecular formula is C34H21N3O. The fourth-order valence-electron chi connectivity index (χ4n) is 5.75. The summed E-state index contributed by atoms with van der Waals surface area (Å²) in [5.41, 5.74) is 9.11. The average molecular weight is 488 g/mol. The highest BCUT2D eigenvalue weighted by Gasteiger charge is 2.20. The highest BCUT2D eigenvalue weighted by atomic mass is 16.3. The van der Waals surface area contributed by atoms with Crippen LogP contribution in [0.4, 0.5) is 0 Å². The van der Waals surface area contributed by atoms with Crippen LogP contribution in [-0.2, 0) is 0 Å². The Hall–Kier alpha value is -5.22. The molecule has 4 aromatic carbocycles. The molecule has 0 saturated heterocycles. The number of hydrogen-bond acceptors (Lipinski definition) is 3. The third-order valence-corrected chi connectivity index (χ3v) is 7.39. The van der Waals surface area contributed by atoms with Crippen LogP contribution in [0.15, 0.2) is 132 Å². The number of nitrogens with zero attached hydrogens (tertiary/aromatic N) is 3. The van der Waals surface area contributed by atoms with Crippen molar-refractivity contribution in [1.29, 1.82) is 0 Å². The van der Waals surface area contributed by atoms with Gasteiger partial charge in [0, 0.05) is 45.1 Å². The number of fused-ring (bicyclic) bond motifs is 6. The van der Waals surface area contributed by atoms with Crippen molar-refractivity contribution in [2.75, 3.05) is 0 Å². The minimum Gasteiger partial charge on any atom is -0.452 e. The molecule has 178 valence electrons. The van der Waals surface area contributed by atoms with Crippen LogP contribution in [0.2, 0.25) is 0 Å². The molecule has 0 amide bonds. The van der Waals surface area contributed by atoms with Crippen LogP contribution >= 0.6 is 0 Å². The summed E-state index contributed by atoms with van der Waals surface area (Å²) in [4.78, 5) is 9.08. The highest BCUT2D eigenvalue weighted by molar-refractivity contribution is 6.11. The number of benzene rings is 4. The molecule has 0 unspecified atom stereocenters. The van der Waals surface area contributed by atoms with Crippen LogP contribution in [0.1, 0.15) is 0 Å². The Morgan fingerprint density at radius 3 is 1.95 bits per heavy atom. The fraction of sp³-hybridized carbons (Fsp3) is 0. The minimum absolute atomic E-state index is 0.764. The van der Waals surface area contributed by atoms with Crippen molar-refractivity contribution in [2.24, 2.45) is 0 Å². The van der Waals surface area contributed by atoms with Gasteiger partial charge < -0.3 is 8.98 Å². The van der Waals surface area contributed by atoms with Crippen molar-refractivity contribution in [3.63, 3.8) is 0 Å². The van der Waals surface area contributed by atoms with E-state index in [0.29, 0.717) is 0 Å². The van der Waals surface area contributed by atoms with Crippen molar-refractivity contribution < 1.29 is 4.42 Å². The molecule has 4 aromatic heterocycles. The van der Waals surface area contributed by atoms with Gasteiger partial charge in [-0.1, -0.05) is 78.9 Å². The van der Waals surface area contributed by atoms with Crippen LogP contribution in [-0.4, -0.2) is 14.5 Å². The molecule has 4 heteroatoms. The first kappa shape index (κ1) is 20.9. The summed E-state index contributed by atoms with van der Waals surface area (Å²) in [5, 5.41) is 4.57. The van der Waals surface area contributed by atoms with Gasteiger partial charge in [0.25, 0.3) is 0 Å². The molecule has 0 radical (unpaired) electrons. The van der Waals surface area contributed by atoms with E-state index in [0.717, 1.165) is 50.0 Å². The van der Waals surface area contributed by atoms with Crippen LogP contribution in [0.25, 0.3) is 71.8 Å². The summed E-state index contributed by atoms with van der Waals surface area (Å²) in [7, 11) is 0. The Labute approximate surface area is 218 Å². The molecule has 0 bridgehead atoms. The number of pyridine rings is 2. The molecule has 0 spiro atoms. The Balaban J connectivity index is 1.43. The van der Waals surface area contributed by atoms with E-state index in [1.807, 2.05) is 18.3 Å². The first-order valence-corrected chi connectivity index (χ1v) is 12.7. The van der Waals surface area contributed by atoms with E-state index in [-0.39, 0.29) is 0 Å². The van der Waals surface area contributed by atoms with Crippen LogP contribution in [0.5, 0.6) is 0 Å². The van der Waals surface area contributed by atoms with Gasteiger partial charge in [0.05, 0.1) is 22.9 Å². The lowest BCUT2D eigenvalue weighted by molar-refractivity contribution is 0.666. The summed E-state index contributed by atoms with van der Waals surface area (Å²) in [5.74, 6) is 0. The molecule has 0 aliphatic rings. The predicted molar refractivity (Wildman–Crippen MR) is 155 cm³/mol. The van der Waals surface area contributed by atoms with Gasteiger partial charge in [-0.25, -0.2) is 0 Å². The lowest BCUT2D eigenvalue weighted by Crippen LogP contribution is -1.98. The first-order valence-electron chi connectivity index (χ1n) is 12.7. The summed E-state index contributed by atoms with van der Waals surface area (Å²) in [6, 6.07) is 38.3. The molecular weight excluding hydrogens is 466 g/mol. The summed E-state index contributed by atoms with van der Waals surface area (Å²) in [6.07, 6.45) is 5.43. The van der Waals surface area contributed by atoms with Crippen molar-refractivity contribution in [2.45, 2.75) is 0 Å². The second kappa shape index (κ2) is 8.15. The number of hydrogen-bond donors (Lipinski definition) is 0. The molecule has 4 nitrogen and oxygen atoms in total. The average Bonchev–Trinajstić information content (AvgIpc) is 3.53. The molecule has 0 N–H and O–H groups in total. The number of rotatable bonds is 3. The van der Waals surface area contributed by atoms with Gasteiger partial charge in [-0.05, 0) is 35.9 Å². The van der Waals surface area contributed by atoms with Gasteiger partial charge in [0.15, 0.2) is 11.2 Å². The van der Waals surface area contributed by atoms with E-state index in [1.165, 1.54) is 21.8 Å². The highest BCUT2D eigenvalue weighted by Crippen LogP contribution is 2.41. The van der Waals surface area contributed by atoms with Gasteiger partial charge in [-0.15, -0.1) is 0 Å². The lowest BCUT2D eigenvalue weighted by Gasteiger charge is -2.16. The van der Waals surface area contributed by atoms with Gasteiger partial charge in [0.1, 0.15) is 5.69 Å². The number of furan rings is 1. The van der Waals surface area contributed by atoms with E-state index in [1.54, 1.807) is 12.4 Å². The first-order chi connectivity index (χ1) is 18.9. The maximum Gasteiger partial charge on any atom is 0.161 e. The third-order valence-electron chi connectivity index (χ3n) is 7.39. The Kier molecular flexibility index (Phi) is 4.49. The van der Waals surface area contributed by atoms with E-state index in [9.17, 15) is 0 Å². The lowest BCUT2D eigenvalue weighted by atomic mass is 9.95. The molecule has 0 fully saturated rings. The topological polar surface area (TPSA) is 43.9 Å². The van der Waals surface area contributed by atoms with E-state index >= 15 is 0 Å². The molecule has 0 saturated carbocycles. The minimum atomic E-state index is 0.764. The van der Waals surface area contributed by atoms with Gasteiger partial charge in [-0.3, -0.25) is 9.97 Å². The van der Waals surface area contributed by atoms with Crippen LogP contribution in [0, 0.1) is 0 Å². The largest absolute Gasteiger partial charge is 0.452 e. The molecule has 0 aliphatic carbocycles. The SMILES string of the molecule is c1ccc(-c2nccc3c2oc2cnccc23)c(-c2ccccc2-n2c3ccccc3c3ccccc32)c1. The Morgan fingerprint density at radius 1 is 0.526 bits per heavy atom. The molecule has 0 atom stereocenters. The Bertz CT molecular complexity index is 2100. The number of para-hydroxylation sites is 3. The van der Waals surface area contributed by atoms with Crippen molar-refractivity contribution >= 4 is 43.7 Å². The molecule has 4 heterocycles. The van der Waals surface area contributed by atoms with Crippen LogP contribution in [0.3, 0.4) is 0 Å². The molecule has 0 aliphatic heterocycles. The van der Waals surface area contributed by atoms with Gasteiger partial charge >= 0.3 is 0 Å². The van der Waals surface area contributed by atoms with Crippen LogP contribution < -0.4 is 0 Å². The zero-order valence-corrected chi connectivity index (χ0v) is 20.4. The zero-order chi connectivity index (χ0) is 25.1. The fourth-order valence-corrected chi connectivity index (χ4v) is 5.75. The standard InChI is InChI=1S/C34H21N3O/c1-2-13-27(33-34-28(18-20-36-33)26-17-19-35-21-32(26)38-34)22(9-1)23-10-3-6-14-29(23)37-30-15-7-4-11-24(30)25-12-5-8-16-31(25)37/h1-21H. The quantitative estimate of drug-likeness (QED) is 0.250. The number of aromatic nitrogens is 3. The van der Waals surface area contributed by atoms with Crippen molar-refractivity contribution in [3.05, 3.63) is 128 Å².